The second-order valence-corrected chi connectivity index (χ2v) is 4.00. The molecule has 0 atom stereocenters. The summed E-state index contributed by atoms with van der Waals surface area (Å²) in [4.78, 5) is 11.9. The van der Waals surface area contributed by atoms with Gasteiger partial charge < -0.3 is 15.2 Å². The third-order valence-corrected chi connectivity index (χ3v) is 2.79. The number of hydrogen-bond acceptors (Lipinski definition) is 3. The monoisotopic (exact) mass is 233 g/mol. The van der Waals surface area contributed by atoms with Crippen LogP contribution in [0.25, 0.3) is 0 Å². The van der Waals surface area contributed by atoms with Crippen molar-refractivity contribution in [2.24, 2.45) is 0 Å². The molecule has 1 aromatic rings. The summed E-state index contributed by atoms with van der Waals surface area (Å²) in [5.74, 6) is 0.252. The van der Waals surface area contributed by atoms with Crippen molar-refractivity contribution < 1.29 is 14.6 Å². The highest BCUT2D eigenvalue weighted by atomic mass is 16.5. The van der Waals surface area contributed by atoms with Gasteiger partial charge in [0.15, 0.2) is 0 Å². The summed E-state index contributed by atoms with van der Waals surface area (Å²) in [7, 11) is 1.52. The zero-order valence-corrected chi connectivity index (χ0v) is 9.64. The van der Waals surface area contributed by atoms with Crippen molar-refractivity contribution >= 4 is 5.91 Å². The molecule has 0 fully saturated rings. The molecule has 1 aliphatic carbocycles. The standard InChI is InChI=1S/C13H15NO3/c1-17-10-6-7-12(15)11(8-10)13(16)14-9-4-2-3-5-9/h2-3,6-9,15H,4-5H2,1H3,(H,14,16). The molecule has 0 saturated carbocycles. The Hall–Kier alpha value is -1.97. The first-order valence-electron chi connectivity index (χ1n) is 5.53. The molecule has 0 radical (unpaired) electrons. The van der Waals surface area contributed by atoms with Crippen molar-refractivity contribution in [1.82, 2.24) is 5.32 Å². The first-order valence-corrected chi connectivity index (χ1v) is 5.53. The zero-order valence-electron chi connectivity index (χ0n) is 9.64. The number of rotatable bonds is 3. The molecular weight excluding hydrogens is 218 g/mol. The van der Waals surface area contributed by atoms with Gasteiger partial charge in [0.25, 0.3) is 5.91 Å². The largest absolute Gasteiger partial charge is 0.507 e. The number of nitrogens with one attached hydrogen (secondary N) is 1. The maximum Gasteiger partial charge on any atom is 0.255 e. The summed E-state index contributed by atoms with van der Waals surface area (Å²) in [5, 5.41) is 12.5. The predicted molar refractivity (Wildman–Crippen MR) is 64.3 cm³/mol. The van der Waals surface area contributed by atoms with Gasteiger partial charge in [-0.2, -0.15) is 0 Å². The van der Waals surface area contributed by atoms with Crippen molar-refractivity contribution in [3.63, 3.8) is 0 Å². The number of phenols is 1. The van der Waals surface area contributed by atoms with Crippen molar-refractivity contribution in [1.29, 1.82) is 0 Å². The first-order chi connectivity index (χ1) is 8.20. The van der Waals surface area contributed by atoms with Crippen molar-refractivity contribution in [2.75, 3.05) is 7.11 Å². The van der Waals surface area contributed by atoms with Gasteiger partial charge >= 0.3 is 0 Å². The summed E-state index contributed by atoms with van der Waals surface area (Å²) in [6.07, 6.45) is 5.76. The van der Waals surface area contributed by atoms with E-state index in [9.17, 15) is 9.90 Å². The molecule has 0 unspecified atom stereocenters. The number of carbonyl (C=O) groups is 1. The van der Waals surface area contributed by atoms with Gasteiger partial charge in [0, 0.05) is 6.04 Å². The SMILES string of the molecule is COc1ccc(O)c(C(=O)NC2CC=CC2)c1. The molecule has 0 spiro atoms. The molecule has 0 heterocycles. The number of benzene rings is 1. The number of methoxy groups -OCH3 is 1. The van der Waals surface area contributed by atoms with Gasteiger partial charge in [0.1, 0.15) is 11.5 Å². The summed E-state index contributed by atoms with van der Waals surface area (Å²) in [6, 6.07) is 4.74. The molecule has 0 aromatic heterocycles. The van der Waals surface area contributed by atoms with E-state index in [-0.39, 0.29) is 23.3 Å². The van der Waals surface area contributed by atoms with Crippen LogP contribution >= 0.6 is 0 Å². The van der Waals surface area contributed by atoms with E-state index in [0.717, 1.165) is 12.8 Å². The summed E-state index contributed by atoms with van der Waals surface area (Å²) >= 11 is 0. The van der Waals surface area contributed by atoms with Gasteiger partial charge in [0.05, 0.1) is 12.7 Å². The lowest BCUT2D eigenvalue weighted by atomic mass is 10.1. The fourth-order valence-corrected chi connectivity index (χ4v) is 1.82. The van der Waals surface area contributed by atoms with Crippen LogP contribution in [-0.2, 0) is 0 Å². The van der Waals surface area contributed by atoms with Crippen LogP contribution < -0.4 is 10.1 Å². The highest BCUT2D eigenvalue weighted by Gasteiger charge is 2.17. The van der Waals surface area contributed by atoms with E-state index in [4.69, 9.17) is 4.74 Å². The lowest BCUT2D eigenvalue weighted by Gasteiger charge is -2.13. The average Bonchev–Trinajstić information content (AvgIpc) is 2.82. The summed E-state index contributed by atoms with van der Waals surface area (Å²) in [6.45, 7) is 0. The van der Waals surface area contributed by atoms with Gasteiger partial charge in [0.2, 0.25) is 0 Å². The maximum atomic E-state index is 11.9. The van der Waals surface area contributed by atoms with Crippen molar-refractivity contribution in [2.45, 2.75) is 18.9 Å². The van der Waals surface area contributed by atoms with E-state index >= 15 is 0 Å². The Bertz CT molecular complexity index is 446. The Morgan fingerprint density at radius 3 is 2.76 bits per heavy atom. The highest BCUT2D eigenvalue weighted by Crippen LogP contribution is 2.23. The smallest absolute Gasteiger partial charge is 0.255 e. The molecule has 0 bridgehead atoms. The third kappa shape index (κ3) is 2.58. The predicted octanol–water partition coefficient (Wildman–Crippen LogP) is 1.85. The minimum atomic E-state index is -0.268. The molecule has 0 saturated heterocycles. The molecule has 2 N–H and O–H groups in total. The fourth-order valence-electron chi connectivity index (χ4n) is 1.82. The number of carbonyl (C=O) groups excluding carboxylic acids is 1. The second kappa shape index (κ2) is 4.91. The van der Waals surface area contributed by atoms with Crippen LogP contribution in [-0.4, -0.2) is 24.2 Å². The van der Waals surface area contributed by atoms with Gasteiger partial charge in [-0.05, 0) is 31.0 Å². The van der Waals surface area contributed by atoms with Crippen LogP contribution in [0, 0.1) is 0 Å². The third-order valence-electron chi connectivity index (χ3n) is 2.79. The minimum Gasteiger partial charge on any atom is -0.507 e. The number of ether oxygens (including phenoxy) is 1. The Morgan fingerprint density at radius 2 is 2.12 bits per heavy atom. The van der Waals surface area contributed by atoms with Crippen LogP contribution in [0.5, 0.6) is 11.5 Å². The maximum absolute atomic E-state index is 11.9. The zero-order chi connectivity index (χ0) is 12.3. The van der Waals surface area contributed by atoms with Crippen LogP contribution in [0.3, 0.4) is 0 Å². The molecule has 1 aliphatic rings. The minimum absolute atomic E-state index is 0.0331. The Balaban J connectivity index is 2.12. The van der Waals surface area contributed by atoms with E-state index in [1.54, 1.807) is 6.07 Å². The fraction of sp³-hybridized carbons (Fsp3) is 0.308. The average molecular weight is 233 g/mol. The Kier molecular flexibility index (Phi) is 3.32. The van der Waals surface area contributed by atoms with E-state index in [1.807, 2.05) is 12.2 Å². The van der Waals surface area contributed by atoms with Crippen LogP contribution in [0.15, 0.2) is 30.4 Å². The molecule has 4 nitrogen and oxygen atoms in total. The van der Waals surface area contributed by atoms with Crippen molar-refractivity contribution in [3.8, 4) is 11.5 Å². The van der Waals surface area contributed by atoms with E-state index in [0.29, 0.717) is 5.75 Å². The molecule has 1 aromatic carbocycles. The van der Waals surface area contributed by atoms with Crippen LogP contribution in [0.1, 0.15) is 23.2 Å². The normalized spacial score (nSPS) is 14.9. The van der Waals surface area contributed by atoms with E-state index in [1.165, 1.54) is 19.2 Å². The molecule has 1 amide bonds. The molecule has 2 rings (SSSR count). The van der Waals surface area contributed by atoms with Gasteiger partial charge in [-0.25, -0.2) is 0 Å². The molecular formula is C13H15NO3. The Morgan fingerprint density at radius 1 is 1.41 bits per heavy atom. The van der Waals surface area contributed by atoms with Gasteiger partial charge in [-0.3, -0.25) is 4.79 Å². The molecule has 0 aliphatic heterocycles. The van der Waals surface area contributed by atoms with Crippen LogP contribution in [0.2, 0.25) is 0 Å². The van der Waals surface area contributed by atoms with E-state index in [2.05, 4.69) is 5.32 Å². The number of amides is 1. The number of aromatic hydroxyl groups is 1. The molecule has 4 heteroatoms. The molecule has 17 heavy (non-hydrogen) atoms. The quantitative estimate of drug-likeness (QED) is 0.783. The first kappa shape index (κ1) is 11.5. The topological polar surface area (TPSA) is 58.6 Å². The van der Waals surface area contributed by atoms with Gasteiger partial charge in [-0.1, -0.05) is 12.2 Å². The molecule has 90 valence electrons. The van der Waals surface area contributed by atoms with Crippen LogP contribution in [0.4, 0.5) is 0 Å². The summed E-state index contributed by atoms with van der Waals surface area (Å²) in [5.41, 5.74) is 0.247. The van der Waals surface area contributed by atoms with E-state index < -0.39 is 0 Å². The highest BCUT2D eigenvalue weighted by molar-refractivity contribution is 5.97. The lowest BCUT2D eigenvalue weighted by Crippen LogP contribution is -2.32. The van der Waals surface area contributed by atoms with Crippen molar-refractivity contribution in [3.05, 3.63) is 35.9 Å². The second-order valence-electron chi connectivity index (χ2n) is 4.00. The number of phenolic OH excluding ortho intramolecular Hbond substituents is 1. The lowest BCUT2D eigenvalue weighted by molar-refractivity contribution is 0.0936. The van der Waals surface area contributed by atoms with Gasteiger partial charge in [-0.15, -0.1) is 0 Å². The Labute approximate surface area is 99.9 Å². The summed E-state index contributed by atoms with van der Waals surface area (Å²) < 4.78 is 5.03. The number of hydrogen-bond donors (Lipinski definition) is 2.